The summed E-state index contributed by atoms with van der Waals surface area (Å²) < 4.78 is 32.2. The van der Waals surface area contributed by atoms with Gasteiger partial charge < -0.3 is 10.1 Å². The van der Waals surface area contributed by atoms with Crippen LogP contribution in [0.3, 0.4) is 0 Å². The smallest absolute Gasteiger partial charge is 0.307 e. The lowest BCUT2D eigenvalue weighted by Gasteiger charge is -2.19. The van der Waals surface area contributed by atoms with E-state index in [0.29, 0.717) is 5.56 Å². The van der Waals surface area contributed by atoms with Crippen LogP contribution in [0.1, 0.15) is 35.3 Å². The number of rotatable bonds is 8. The number of hydrogen-bond acceptors (Lipinski definition) is 5. The number of esters is 1. The number of nitrogens with one attached hydrogen (secondary N) is 2. The van der Waals surface area contributed by atoms with E-state index in [1.807, 2.05) is 6.07 Å². The van der Waals surface area contributed by atoms with E-state index in [2.05, 4.69) is 26.0 Å². The highest BCUT2D eigenvalue weighted by atomic mass is 79.9. The van der Waals surface area contributed by atoms with Gasteiger partial charge in [0.05, 0.1) is 24.5 Å². The molecular formula is C19H21BrN2O5S. The number of hydrogen-bond donors (Lipinski definition) is 2. The maximum absolute atomic E-state index is 12.7. The van der Waals surface area contributed by atoms with Crippen LogP contribution in [-0.4, -0.2) is 33.9 Å². The zero-order valence-electron chi connectivity index (χ0n) is 15.4. The number of sulfonamides is 1. The van der Waals surface area contributed by atoms with Crippen LogP contribution in [0.2, 0.25) is 0 Å². The van der Waals surface area contributed by atoms with E-state index in [4.69, 9.17) is 4.74 Å². The van der Waals surface area contributed by atoms with Crippen molar-refractivity contribution in [3.05, 3.63) is 64.1 Å². The highest BCUT2D eigenvalue weighted by Crippen LogP contribution is 2.22. The Labute approximate surface area is 172 Å². The molecule has 0 aromatic heterocycles. The van der Waals surface area contributed by atoms with E-state index in [9.17, 15) is 18.0 Å². The molecule has 9 heteroatoms. The lowest BCUT2D eigenvalue weighted by Crippen LogP contribution is -2.31. The van der Waals surface area contributed by atoms with E-state index in [1.54, 1.807) is 25.1 Å². The van der Waals surface area contributed by atoms with Crippen LogP contribution in [-0.2, 0) is 19.6 Å². The Morgan fingerprint density at radius 1 is 1.14 bits per heavy atom. The molecule has 7 nitrogen and oxygen atoms in total. The van der Waals surface area contributed by atoms with Gasteiger partial charge in [-0.05, 0) is 35.9 Å². The lowest BCUT2D eigenvalue weighted by molar-refractivity contribution is -0.141. The fourth-order valence-electron chi connectivity index (χ4n) is 2.54. The van der Waals surface area contributed by atoms with Crippen molar-refractivity contribution in [2.24, 2.45) is 0 Å². The van der Waals surface area contributed by atoms with Gasteiger partial charge >= 0.3 is 5.97 Å². The van der Waals surface area contributed by atoms with Gasteiger partial charge in [-0.25, -0.2) is 13.1 Å². The second-order valence-electron chi connectivity index (χ2n) is 5.89. The van der Waals surface area contributed by atoms with Crippen LogP contribution < -0.4 is 10.0 Å². The molecule has 0 aliphatic heterocycles. The quantitative estimate of drug-likeness (QED) is 0.579. The van der Waals surface area contributed by atoms with Crippen molar-refractivity contribution < 1.29 is 22.7 Å². The summed E-state index contributed by atoms with van der Waals surface area (Å²) in [5.41, 5.74) is 0.883. The number of methoxy groups -OCH3 is 1. The number of carbonyl (C=O) groups excluding carboxylic acids is 2. The largest absolute Gasteiger partial charge is 0.469 e. The van der Waals surface area contributed by atoms with Crippen LogP contribution >= 0.6 is 15.9 Å². The van der Waals surface area contributed by atoms with E-state index >= 15 is 0 Å². The van der Waals surface area contributed by atoms with Crippen LogP contribution in [0, 0.1) is 0 Å². The maximum Gasteiger partial charge on any atom is 0.307 e. The van der Waals surface area contributed by atoms with Gasteiger partial charge in [-0.15, -0.1) is 0 Å². The number of ether oxygens (including phenoxy) is 1. The molecule has 1 atom stereocenters. The molecule has 0 bridgehead atoms. The first-order valence-corrected chi connectivity index (χ1v) is 10.8. The van der Waals surface area contributed by atoms with Crippen LogP contribution in [0.5, 0.6) is 0 Å². The minimum atomic E-state index is -3.69. The molecule has 1 unspecified atom stereocenters. The molecule has 0 fully saturated rings. The molecule has 150 valence electrons. The predicted molar refractivity (Wildman–Crippen MR) is 108 cm³/mol. The van der Waals surface area contributed by atoms with E-state index < -0.39 is 27.9 Å². The first kappa shape index (κ1) is 22.1. The molecule has 1 amide bonds. The van der Waals surface area contributed by atoms with Gasteiger partial charge in [-0.1, -0.05) is 41.1 Å². The molecule has 0 saturated heterocycles. The van der Waals surface area contributed by atoms with E-state index in [0.717, 1.165) is 4.47 Å². The van der Waals surface area contributed by atoms with Crippen molar-refractivity contribution in [1.82, 2.24) is 10.0 Å². The van der Waals surface area contributed by atoms with Gasteiger partial charge in [0.1, 0.15) is 0 Å². The van der Waals surface area contributed by atoms with E-state index in [1.165, 1.54) is 31.4 Å². The highest BCUT2D eigenvalue weighted by molar-refractivity contribution is 9.10. The molecule has 2 N–H and O–H groups in total. The van der Waals surface area contributed by atoms with Gasteiger partial charge in [0.15, 0.2) is 0 Å². The second kappa shape index (κ2) is 9.81. The molecule has 2 rings (SSSR count). The zero-order chi connectivity index (χ0) is 20.7. The summed E-state index contributed by atoms with van der Waals surface area (Å²) in [5, 5.41) is 2.78. The minimum absolute atomic E-state index is 0.00558. The van der Waals surface area contributed by atoms with Crippen molar-refractivity contribution in [3.8, 4) is 0 Å². The van der Waals surface area contributed by atoms with Crippen LogP contribution in [0.15, 0.2) is 57.9 Å². The summed E-state index contributed by atoms with van der Waals surface area (Å²) >= 11 is 3.37. The first-order chi connectivity index (χ1) is 13.3. The molecule has 0 saturated carbocycles. The fraction of sp³-hybridized carbons (Fsp3) is 0.263. The molecule has 0 heterocycles. The number of amides is 1. The first-order valence-electron chi connectivity index (χ1n) is 8.49. The average Bonchev–Trinajstić information content (AvgIpc) is 2.67. The molecule has 0 aliphatic carbocycles. The van der Waals surface area contributed by atoms with Gasteiger partial charge in [0, 0.05) is 16.6 Å². The predicted octanol–water partition coefficient (Wildman–Crippen LogP) is 2.78. The fourth-order valence-corrected chi connectivity index (χ4v) is 4.05. The topological polar surface area (TPSA) is 102 Å². The molecule has 0 aliphatic rings. The highest BCUT2D eigenvalue weighted by Gasteiger charge is 2.21. The summed E-state index contributed by atoms with van der Waals surface area (Å²) in [6, 6.07) is 12.3. The second-order valence-corrected chi connectivity index (χ2v) is 8.57. The number of benzene rings is 2. The average molecular weight is 469 g/mol. The Kier molecular flexibility index (Phi) is 7.73. The van der Waals surface area contributed by atoms with Crippen molar-refractivity contribution >= 4 is 37.8 Å². The van der Waals surface area contributed by atoms with Gasteiger partial charge in [0.2, 0.25) is 10.0 Å². The molecule has 0 radical (unpaired) electrons. The summed E-state index contributed by atoms with van der Waals surface area (Å²) in [6.45, 7) is 1.91. The van der Waals surface area contributed by atoms with Crippen LogP contribution in [0.25, 0.3) is 0 Å². The van der Waals surface area contributed by atoms with Gasteiger partial charge in [-0.2, -0.15) is 0 Å². The Morgan fingerprint density at radius 3 is 2.50 bits per heavy atom. The Morgan fingerprint density at radius 2 is 1.86 bits per heavy atom. The Hall–Kier alpha value is -2.23. The third-order valence-corrected chi connectivity index (χ3v) is 5.93. The molecule has 28 heavy (non-hydrogen) atoms. The van der Waals surface area contributed by atoms with Gasteiger partial charge in [0.25, 0.3) is 5.91 Å². The molecule has 2 aromatic carbocycles. The normalized spacial score (nSPS) is 12.2. The Balaban J connectivity index is 2.29. The van der Waals surface area contributed by atoms with Crippen LogP contribution in [0.4, 0.5) is 0 Å². The van der Waals surface area contributed by atoms with Gasteiger partial charge in [-0.3, -0.25) is 9.59 Å². The standard InChI is InChI=1S/C19H21BrN2O5S/c1-3-21-28(25,26)16-9-5-7-14(11-16)19(24)22-17(12-18(23)27-2)13-6-4-8-15(20)10-13/h4-11,17,21H,3,12H2,1-2H3,(H,22,24). The summed E-state index contributed by atoms with van der Waals surface area (Å²) in [5.74, 6) is -0.976. The molecular weight excluding hydrogens is 448 g/mol. The number of halogens is 1. The van der Waals surface area contributed by atoms with E-state index in [-0.39, 0.29) is 23.4 Å². The van der Waals surface area contributed by atoms with Crippen molar-refractivity contribution in [2.45, 2.75) is 24.3 Å². The van der Waals surface area contributed by atoms with Crippen molar-refractivity contribution in [3.63, 3.8) is 0 Å². The van der Waals surface area contributed by atoms with Crippen molar-refractivity contribution in [2.75, 3.05) is 13.7 Å². The summed E-state index contributed by atoms with van der Waals surface area (Å²) in [6.07, 6.45) is -0.0614. The third-order valence-electron chi connectivity index (χ3n) is 3.90. The monoisotopic (exact) mass is 468 g/mol. The third kappa shape index (κ3) is 5.88. The zero-order valence-corrected chi connectivity index (χ0v) is 17.8. The molecule has 0 spiro atoms. The summed E-state index contributed by atoms with van der Waals surface area (Å²) in [7, 11) is -2.41. The SMILES string of the molecule is CCNS(=O)(=O)c1cccc(C(=O)NC(CC(=O)OC)c2cccc(Br)c2)c1. The summed E-state index contributed by atoms with van der Waals surface area (Å²) in [4.78, 5) is 24.5. The maximum atomic E-state index is 12.7. The minimum Gasteiger partial charge on any atom is -0.469 e. The Bertz CT molecular complexity index is 962. The molecule has 2 aromatic rings. The lowest BCUT2D eigenvalue weighted by atomic mass is 10.0. The number of carbonyl (C=O) groups is 2. The van der Waals surface area contributed by atoms with Crippen molar-refractivity contribution in [1.29, 1.82) is 0 Å².